The molecular formula is C16H13Cl4NO5. The highest BCUT2D eigenvalue weighted by atomic mass is 35.5. The van der Waals surface area contributed by atoms with Crippen molar-refractivity contribution in [3.63, 3.8) is 0 Å². The van der Waals surface area contributed by atoms with Gasteiger partial charge in [0.15, 0.2) is 12.4 Å². The average Bonchev–Trinajstić information content (AvgIpc) is 2.79. The van der Waals surface area contributed by atoms with Gasteiger partial charge in [-0.05, 0) is 0 Å². The molecule has 26 heavy (non-hydrogen) atoms. The molecular weight excluding hydrogens is 428 g/mol. The van der Waals surface area contributed by atoms with Crippen LogP contribution in [0.25, 0.3) is 0 Å². The number of carbonyl (C=O) groups excluding carboxylic acids is 4. The van der Waals surface area contributed by atoms with Crippen LogP contribution in [0.4, 0.5) is 0 Å². The van der Waals surface area contributed by atoms with Gasteiger partial charge in [-0.3, -0.25) is 24.1 Å². The fraction of sp³-hybridized carbons (Fsp3) is 0.375. The molecule has 0 radical (unpaired) electrons. The number of carbonyl (C=O) groups is 4. The fourth-order valence-electron chi connectivity index (χ4n) is 2.08. The zero-order valence-electron chi connectivity index (χ0n) is 13.9. The Morgan fingerprint density at radius 2 is 1.31 bits per heavy atom. The smallest absolute Gasteiger partial charge is 0.326 e. The number of esters is 1. The molecule has 1 aliphatic rings. The third-order valence-electron chi connectivity index (χ3n) is 3.67. The number of fused-ring (bicyclic) bond motifs is 1. The summed E-state index contributed by atoms with van der Waals surface area (Å²) in [6, 6.07) is 0. The van der Waals surface area contributed by atoms with Crippen molar-refractivity contribution in [2.75, 3.05) is 13.2 Å². The summed E-state index contributed by atoms with van der Waals surface area (Å²) >= 11 is 23.8. The molecule has 10 heteroatoms. The van der Waals surface area contributed by atoms with E-state index in [9.17, 15) is 19.2 Å². The fourth-order valence-corrected chi connectivity index (χ4v) is 3.09. The first kappa shape index (κ1) is 21.0. The third-order valence-corrected chi connectivity index (χ3v) is 5.48. The van der Waals surface area contributed by atoms with Crippen LogP contribution in [0.3, 0.4) is 0 Å². The van der Waals surface area contributed by atoms with Crippen molar-refractivity contribution in [2.45, 2.75) is 20.8 Å². The molecule has 0 atom stereocenters. The maximum Gasteiger partial charge on any atom is 0.326 e. The van der Waals surface area contributed by atoms with E-state index in [1.54, 1.807) is 20.8 Å². The van der Waals surface area contributed by atoms with Crippen molar-refractivity contribution in [2.24, 2.45) is 5.41 Å². The van der Waals surface area contributed by atoms with Gasteiger partial charge in [-0.25, -0.2) is 0 Å². The molecule has 0 saturated heterocycles. The standard InChI is InChI=1S/C16H13Cl4NO5/c1-16(2,3)6(22)5-26-7(23)4-21-14(24)8-9(15(21)25)11(18)13(20)12(19)10(8)17/h4-5H2,1-3H3. The summed E-state index contributed by atoms with van der Waals surface area (Å²) in [7, 11) is 0. The number of rotatable bonds is 4. The van der Waals surface area contributed by atoms with Gasteiger partial charge >= 0.3 is 5.97 Å². The van der Waals surface area contributed by atoms with Crippen LogP contribution in [0.1, 0.15) is 41.5 Å². The first-order chi connectivity index (χ1) is 11.9. The molecule has 0 aromatic heterocycles. The first-order valence-corrected chi connectivity index (χ1v) is 8.80. The summed E-state index contributed by atoms with van der Waals surface area (Å²) in [5.41, 5.74) is -1.14. The predicted octanol–water partition coefficient (Wildman–Crippen LogP) is 4.05. The van der Waals surface area contributed by atoms with Gasteiger partial charge < -0.3 is 4.74 Å². The molecule has 0 unspecified atom stereocenters. The van der Waals surface area contributed by atoms with Crippen LogP contribution in [0, 0.1) is 5.41 Å². The Kier molecular flexibility index (Phi) is 5.93. The van der Waals surface area contributed by atoms with Gasteiger partial charge in [-0.15, -0.1) is 0 Å². The van der Waals surface area contributed by atoms with Crippen molar-refractivity contribution in [1.82, 2.24) is 4.90 Å². The molecule has 0 fully saturated rings. The van der Waals surface area contributed by atoms with Crippen LogP contribution in [0.2, 0.25) is 20.1 Å². The zero-order valence-corrected chi connectivity index (χ0v) is 16.9. The average molecular weight is 441 g/mol. The lowest BCUT2D eigenvalue weighted by Gasteiger charge is -2.17. The van der Waals surface area contributed by atoms with E-state index in [2.05, 4.69) is 0 Å². The normalized spacial score (nSPS) is 13.9. The van der Waals surface area contributed by atoms with Gasteiger partial charge in [0.05, 0.1) is 31.2 Å². The van der Waals surface area contributed by atoms with Crippen LogP contribution in [0.5, 0.6) is 0 Å². The molecule has 0 spiro atoms. The SMILES string of the molecule is CC(C)(C)C(=O)COC(=O)CN1C(=O)c2c(Cl)c(Cl)c(Cl)c(Cl)c2C1=O. The van der Waals surface area contributed by atoms with E-state index in [-0.39, 0.29) is 37.0 Å². The minimum atomic E-state index is -0.929. The maximum atomic E-state index is 12.5. The second-order valence-electron chi connectivity index (χ2n) is 6.54. The van der Waals surface area contributed by atoms with Gasteiger partial charge in [0.2, 0.25) is 0 Å². The summed E-state index contributed by atoms with van der Waals surface area (Å²) < 4.78 is 4.84. The summed E-state index contributed by atoms with van der Waals surface area (Å²) in [6.07, 6.45) is 0. The van der Waals surface area contributed by atoms with E-state index in [0.717, 1.165) is 0 Å². The van der Waals surface area contributed by atoms with Crippen LogP contribution in [-0.2, 0) is 14.3 Å². The van der Waals surface area contributed by atoms with E-state index < -0.39 is 36.4 Å². The Morgan fingerprint density at radius 1 is 0.885 bits per heavy atom. The Morgan fingerprint density at radius 3 is 1.69 bits per heavy atom. The van der Waals surface area contributed by atoms with Crippen LogP contribution < -0.4 is 0 Å². The molecule has 1 aromatic rings. The number of amides is 2. The number of ether oxygens (including phenoxy) is 1. The monoisotopic (exact) mass is 439 g/mol. The summed E-state index contributed by atoms with van der Waals surface area (Å²) in [5, 5.41) is -0.793. The second-order valence-corrected chi connectivity index (χ2v) is 8.05. The number of hydrogen-bond donors (Lipinski definition) is 0. The molecule has 1 aromatic carbocycles. The quantitative estimate of drug-likeness (QED) is 0.305. The molecule has 6 nitrogen and oxygen atoms in total. The first-order valence-electron chi connectivity index (χ1n) is 7.29. The van der Waals surface area contributed by atoms with Crippen LogP contribution in [-0.4, -0.2) is 41.6 Å². The van der Waals surface area contributed by atoms with Gasteiger partial charge in [0.1, 0.15) is 6.54 Å². The van der Waals surface area contributed by atoms with E-state index in [4.69, 9.17) is 51.1 Å². The number of hydrogen-bond acceptors (Lipinski definition) is 5. The molecule has 1 heterocycles. The van der Waals surface area contributed by atoms with Crippen molar-refractivity contribution < 1.29 is 23.9 Å². The summed E-state index contributed by atoms with van der Waals surface area (Å²) in [6.45, 7) is 3.84. The largest absolute Gasteiger partial charge is 0.456 e. The maximum absolute atomic E-state index is 12.5. The number of Topliss-reactive ketones (excluding diaryl/α,β-unsaturated/α-hetero) is 1. The highest BCUT2D eigenvalue weighted by Crippen LogP contribution is 2.44. The number of imide groups is 1. The highest BCUT2D eigenvalue weighted by Gasteiger charge is 2.42. The lowest BCUT2D eigenvalue weighted by atomic mass is 9.91. The lowest BCUT2D eigenvalue weighted by molar-refractivity contribution is -0.150. The van der Waals surface area contributed by atoms with Crippen molar-refractivity contribution in [3.8, 4) is 0 Å². The number of benzene rings is 1. The third kappa shape index (κ3) is 3.69. The number of halogens is 4. The van der Waals surface area contributed by atoms with Gasteiger partial charge in [0, 0.05) is 5.41 Å². The molecule has 2 rings (SSSR count). The van der Waals surface area contributed by atoms with Crippen LogP contribution >= 0.6 is 46.4 Å². The topological polar surface area (TPSA) is 80.8 Å². The van der Waals surface area contributed by atoms with Crippen molar-refractivity contribution in [3.05, 3.63) is 31.2 Å². The molecule has 0 saturated carbocycles. The molecule has 1 aliphatic heterocycles. The van der Waals surface area contributed by atoms with Gasteiger partial charge in [-0.2, -0.15) is 0 Å². The van der Waals surface area contributed by atoms with Gasteiger partial charge in [-0.1, -0.05) is 67.2 Å². The predicted molar refractivity (Wildman–Crippen MR) is 97.3 cm³/mol. The minimum absolute atomic E-state index is 0.168. The zero-order chi connectivity index (χ0) is 20.0. The number of nitrogens with zero attached hydrogens (tertiary/aromatic N) is 1. The Balaban J connectivity index is 2.21. The van der Waals surface area contributed by atoms with Crippen molar-refractivity contribution >= 4 is 70.0 Å². The second kappa shape index (κ2) is 7.35. The van der Waals surface area contributed by atoms with E-state index >= 15 is 0 Å². The van der Waals surface area contributed by atoms with Gasteiger partial charge in [0.25, 0.3) is 11.8 Å². The summed E-state index contributed by atoms with van der Waals surface area (Å²) in [4.78, 5) is 49.3. The van der Waals surface area contributed by atoms with Crippen molar-refractivity contribution in [1.29, 1.82) is 0 Å². The Hall–Kier alpha value is -1.34. The Labute approximate surface area is 169 Å². The minimum Gasteiger partial charge on any atom is -0.456 e. The number of ketones is 1. The molecule has 0 aliphatic carbocycles. The molecule has 0 N–H and O–H groups in total. The van der Waals surface area contributed by atoms with E-state index in [1.165, 1.54) is 0 Å². The molecule has 140 valence electrons. The van der Waals surface area contributed by atoms with E-state index in [0.29, 0.717) is 4.90 Å². The van der Waals surface area contributed by atoms with Crippen LogP contribution in [0.15, 0.2) is 0 Å². The van der Waals surface area contributed by atoms with E-state index in [1.807, 2.05) is 0 Å². The molecule has 2 amide bonds. The molecule has 0 bridgehead atoms. The lowest BCUT2D eigenvalue weighted by Crippen LogP contribution is -2.37. The Bertz CT molecular complexity index is 797. The highest BCUT2D eigenvalue weighted by molar-refractivity contribution is 6.55. The summed E-state index contributed by atoms with van der Waals surface area (Å²) in [5.74, 6) is -2.94.